The Balaban J connectivity index is 1.32. The SMILES string of the molecule is Cc1cccc(O[C@H](C)C(=O)N2CCN(c3ccc(-n4ccnc4)nn3)CC2)c1. The number of hydrogen-bond acceptors (Lipinski definition) is 6. The third-order valence-corrected chi connectivity index (χ3v) is 4.97. The Bertz CT molecular complexity index is 950. The molecule has 1 fully saturated rings. The first kappa shape index (κ1) is 18.9. The van der Waals surface area contributed by atoms with E-state index < -0.39 is 6.10 Å². The zero-order valence-corrected chi connectivity index (χ0v) is 16.6. The summed E-state index contributed by atoms with van der Waals surface area (Å²) in [6.45, 7) is 6.49. The monoisotopic (exact) mass is 392 g/mol. The molecule has 29 heavy (non-hydrogen) atoms. The summed E-state index contributed by atoms with van der Waals surface area (Å²) in [5, 5.41) is 8.59. The average molecular weight is 392 g/mol. The Labute approximate surface area is 169 Å². The van der Waals surface area contributed by atoms with Crippen LogP contribution in [0.1, 0.15) is 12.5 Å². The summed E-state index contributed by atoms with van der Waals surface area (Å²) in [6, 6.07) is 11.6. The molecule has 4 rings (SSSR count). The number of rotatable bonds is 5. The maximum atomic E-state index is 12.8. The van der Waals surface area contributed by atoms with Gasteiger partial charge in [-0.1, -0.05) is 12.1 Å². The van der Waals surface area contributed by atoms with Crippen LogP contribution in [0.2, 0.25) is 0 Å². The summed E-state index contributed by atoms with van der Waals surface area (Å²) in [4.78, 5) is 20.8. The molecule has 3 aromatic rings. The van der Waals surface area contributed by atoms with Crippen molar-refractivity contribution in [2.24, 2.45) is 0 Å². The first-order chi connectivity index (χ1) is 14.1. The quantitative estimate of drug-likeness (QED) is 0.662. The first-order valence-electron chi connectivity index (χ1n) is 9.69. The van der Waals surface area contributed by atoms with Crippen molar-refractivity contribution in [2.75, 3.05) is 31.1 Å². The van der Waals surface area contributed by atoms with Crippen LogP contribution in [0, 0.1) is 6.92 Å². The first-order valence-corrected chi connectivity index (χ1v) is 9.69. The largest absolute Gasteiger partial charge is 0.481 e. The van der Waals surface area contributed by atoms with E-state index in [1.54, 1.807) is 19.4 Å². The molecule has 1 aromatic carbocycles. The van der Waals surface area contributed by atoms with Crippen molar-refractivity contribution < 1.29 is 9.53 Å². The molecule has 0 spiro atoms. The van der Waals surface area contributed by atoms with Crippen LogP contribution in [0.15, 0.2) is 55.1 Å². The van der Waals surface area contributed by atoms with Gasteiger partial charge in [-0.05, 0) is 43.7 Å². The number of piperazine rings is 1. The number of aromatic nitrogens is 4. The fourth-order valence-electron chi connectivity index (χ4n) is 3.38. The molecule has 1 amide bonds. The molecule has 1 atom stereocenters. The number of amides is 1. The lowest BCUT2D eigenvalue weighted by Gasteiger charge is -2.36. The standard InChI is InChI=1S/C21H24N6O2/c1-16-4-3-5-18(14-16)29-17(2)21(28)26-12-10-25(11-13-26)19-6-7-20(24-23-19)27-9-8-22-15-27/h3-9,14-15,17H,10-13H2,1-2H3/t17-/m1/s1. The van der Waals surface area contributed by atoms with Crippen LogP contribution >= 0.6 is 0 Å². The summed E-state index contributed by atoms with van der Waals surface area (Å²) in [7, 11) is 0. The van der Waals surface area contributed by atoms with Gasteiger partial charge in [0.2, 0.25) is 0 Å². The summed E-state index contributed by atoms with van der Waals surface area (Å²) < 4.78 is 7.64. The number of hydrogen-bond donors (Lipinski definition) is 0. The van der Waals surface area contributed by atoms with Gasteiger partial charge < -0.3 is 14.5 Å². The van der Waals surface area contributed by atoms with Crippen molar-refractivity contribution >= 4 is 11.7 Å². The van der Waals surface area contributed by atoms with Crippen LogP contribution in [-0.2, 0) is 4.79 Å². The second-order valence-electron chi connectivity index (χ2n) is 7.11. The van der Waals surface area contributed by atoms with Crippen molar-refractivity contribution in [1.29, 1.82) is 0 Å². The Morgan fingerprint density at radius 3 is 2.48 bits per heavy atom. The van der Waals surface area contributed by atoms with Crippen molar-refractivity contribution in [1.82, 2.24) is 24.6 Å². The number of imidazole rings is 1. The fraction of sp³-hybridized carbons (Fsp3) is 0.333. The maximum Gasteiger partial charge on any atom is 0.263 e. The average Bonchev–Trinajstić information content (AvgIpc) is 3.28. The predicted octanol–water partition coefficient (Wildman–Crippen LogP) is 2.09. The lowest BCUT2D eigenvalue weighted by molar-refractivity contribution is -0.138. The zero-order chi connectivity index (χ0) is 20.2. The molecule has 3 heterocycles. The molecule has 0 unspecified atom stereocenters. The van der Waals surface area contributed by atoms with Gasteiger partial charge in [0.1, 0.15) is 12.1 Å². The smallest absolute Gasteiger partial charge is 0.263 e. The van der Waals surface area contributed by atoms with Gasteiger partial charge in [-0.3, -0.25) is 9.36 Å². The molecule has 8 nitrogen and oxygen atoms in total. The fourth-order valence-corrected chi connectivity index (χ4v) is 3.38. The summed E-state index contributed by atoms with van der Waals surface area (Å²) in [5.74, 6) is 2.26. The number of nitrogens with zero attached hydrogens (tertiary/aromatic N) is 6. The van der Waals surface area contributed by atoms with Crippen LogP contribution < -0.4 is 9.64 Å². The minimum Gasteiger partial charge on any atom is -0.481 e. The summed E-state index contributed by atoms with van der Waals surface area (Å²) in [5.41, 5.74) is 1.11. The van der Waals surface area contributed by atoms with Crippen LogP contribution in [0.4, 0.5) is 5.82 Å². The maximum absolute atomic E-state index is 12.8. The van der Waals surface area contributed by atoms with Crippen LogP contribution in [0.5, 0.6) is 5.75 Å². The van der Waals surface area contributed by atoms with E-state index in [1.807, 2.05) is 59.0 Å². The molecule has 0 bridgehead atoms. The van der Waals surface area contributed by atoms with Gasteiger partial charge in [-0.15, -0.1) is 10.2 Å². The van der Waals surface area contributed by atoms with Gasteiger partial charge in [0.25, 0.3) is 5.91 Å². The third-order valence-electron chi connectivity index (χ3n) is 4.97. The Kier molecular flexibility index (Phi) is 5.41. The number of ether oxygens (including phenoxy) is 1. The highest BCUT2D eigenvalue weighted by atomic mass is 16.5. The number of benzene rings is 1. The lowest BCUT2D eigenvalue weighted by Crippen LogP contribution is -2.52. The minimum atomic E-state index is -0.516. The second-order valence-corrected chi connectivity index (χ2v) is 7.11. The topological polar surface area (TPSA) is 76.4 Å². The summed E-state index contributed by atoms with van der Waals surface area (Å²) >= 11 is 0. The van der Waals surface area contributed by atoms with Gasteiger partial charge >= 0.3 is 0 Å². The van der Waals surface area contributed by atoms with E-state index >= 15 is 0 Å². The zero-order valence-electron chi connectivity index (χ0n) is 16.6. The molecular formula is C21H24N6O2. The van der Waals surface area contributed by atoms with E-state index in [4.69, 9.17) is 4.74 Å². The number of carbonyl (C=O) groups excluding carboxylic acids is 1. The van der Waals surface area contributed by atoms with Gasteiger partial charge in [0.05, 0.1) is 0 Å². The van der Waals surface area contributed by atoms with Crippen LogP contribution in [-0.4, -0.2) is 62.8 Å². The van der Waals surface area contributed by atoms with E-state index in [0.717, 1.165) is 22.9 Å². The van der Waals surface area contributed by atoms with Gasteiger partial charge in [0, 0.05) is 38.6 Å². The highest BCUT2D eigenvalue weighted by Crippen LogP contribution is 2.17. The van der Waals surface area contributed by atoms with E-state index in [2.05, 4.69) is 20.1 Å². The van der Waals surface area contributed by atoms with Gasteiger partial charge in [-0.2, -0.15) is 0 Å². The molecule has 1 saturated heterocycles. The Morgan fingerprint density at radius 1 is 1.07 bits per heavy atom. The molecule has 1 aliphatic heterocycles. The van der Waals surface area contributed by atoms with Crippen molar-refractivity contribution in [3.05, 3.63) is 60.7 Å². The highest BCUT2D eigenvalue weighted by molar-refractivity contribution is 5.81. The van der Waals surface area contributed by atoms with Crippen molar-refractivity contribution in [3.63, 3.8) is 0 Å². The highest BCUT2D eigenvalue weighted by Gasteiger charge is 2.26. The molecule has 1 aliphatic rings. The predicted molar refractivity (Wildman–Crippen MR) is 109 cm³/mol. The van der Waals surface area contributed by atoms with Gasteiger partial charge in [-0.25, -0.2) is 4.98 Å². The molecule has 0 N–H and O–H groups in total. The molecule has 150 valence electrons. The molecule has 2 aromatic heterocycles. The molecule has 0 radical (unpaired) electrons. The Hall–Kier alpha value is -3.42. The van der Waals surface area contributed by atoms with E-state index in [0.29, 0.717) is 26.2 Å². The number of carbonyl (C=O) groups is 1. The second kappa shape index (κ2) is 8.30. The van der Waals surface area contributed by atoms with Crippen molar-refractivity contribution in [2.45, 2.75) is 20.0 Å². The molecular weight excluding hydrogens is 368 g/mol. The van der Waals surface area contributed by atoms with E-state index in [1.165, 1.54) is 0 Å². The van der Waals surface area contributed by atoms with Crippen LogP contribution in [0.25, 0.3) is 5.82 Å². The Morgan fingerprint density at radius 2 is 1.83 bits per heavy atom. The number of anilines is 1. The molecule has 8 heteroatoms. The number of aryl methyl sites for hydroxylation is 1. The van der Waals surface area contributed by atoms with E-state index in [9.17, 15) is 4.79 Å². The van der Waals surface area contributed by atoms with Crippen LogP contribution in [0.3, 0.4) is 0 Å². The summed E-state index contributed by atoms with van der Waals surface area (Å²) in [6.07, 6.45) is 4.70. The van der Waals surface area contributed by atoms with Gasteiger partial charge in [0.15, 0.2) is 17.7 Å². The minimum absolute atomic E-state index is 0.00713. The normalized spacial score (nSPS) is 15.2. The molecule has 0 saturated carbocycles. The lowest BCUT2D eigenvalue weighted by atomic mass is 10.2. The van der Waals surface area contributed by atoms with E-state index in [-0.39, 0.29) is 5.91 Å². The van der Waals surface area contributed by atoms with Crippen molar-refractivity contribution in [3.8, 4) is 11.6 Å². The molecule has 0 aliphatic carbocycles. The third kappa shape index (κ3) is 4.37.